The second-order valence-electron chi connectivity index (χ2n) is 3.76. The Balaban J connectivity index is 2.09. The number of hydrogen-bond acceptors (Lipinski definition) is 4. The molecule has 0 spiro atoms. The van der Waals surface area contributed by atoms with Crippen molar-refractivity contribution in [3.05, 3.63) is 16.8 Å². The quantitative estimate of drug-likeness (QED) is 0.643. The highest BCUT2D eigenvalue weighted by molar-refractivity contribution is 4.87. The van der Waals surface area contributed by atoms with Gasteiger partial charge in [0.25, 0.3) is 0 Å². The normalized spacial score (nSPS) is 20.9. The molecule has 0 bridgehead atoms. The van der Waals surface area contributed by atoms with Gasteiger partial charge in [-0.1, -0.05) is 0 Å². The third-order valence-corrected chi connectivity index (χ3v) is 2.59. The lowest BCUT2D eigenvalue weighted by molar-refractivity contribution is 0.0467. The Labute approximate surface area is 81.1 Å². The van der Waals surface area contributed by atoms with Crippen molar-refractivity contribution in [2.24, 2.45) is 5.73 Å². The Morgan fingerprint density at radius 1 is 1.64 bits per heavy atom. The fourth-order valence-electron chi connectivity index (χ4n) is 1.66. The first kappa shape index (κ1) is 9.42. The molecule has 6 heteroatoms. The number of aromatic nitrogens is 3. The van der Waals surface area contributed by atoms with Crippen molar-refractivity contribution in [1.29, 1.82) is 0 Å². The van der Waals surface area contributed by atoms with Gasteiger partial charge in [0.15, 0.2) is 0 Å². The molecule has 2 rings (SSSR count). The average Bonchev–Trinajstić information content (AvgIpc) is 2.52. The minimum Gasteiger partial charge on any atom is -0.381 e. The van der Waals surface area contributed by atoms with E-state index >= 15 is 0 Å². The highest BCUT2D eigenvalue weighted by Crippen LogP contribution is 2.18. The number of ether oxygens (including phenoxy) is 1. The molecule has 0 atom stereocenters. The Morgan fingerprint density at radius 2 is 2.36 bits per heavy atom. The van der Waals surface area contributed by atoms with Crippen molar-refractivity contribution in [3.8, 4) is 0 Å². The molecule has 0 aromatic carbocycles. The van der Waals surface area contributed by atoms with Crippen LogP contribution < -0.4 is 11.4 Å². The van der Waals surface area contributed by atoms with Crippen LogP contribution in [-0.4, -0.2) is 33.5 Å². The minimum absolute atomic E-state index is 0.207. The first-order chi connectivity index (χ1) is 6.70. The van der Waals surface area contributed by atoms with Gasteiger partial charge >= 0.3 is 5.69 Å². The molecule has 1 aromatic rings. The van der Waals surface area contributed by atoms with Gasteiger partial charge in [-0.3, -0.25) is 4.57 Å². The monoisotopic (exact) mass is 198 g/mol. The average molecular weight is 198 g/mol. The van der Waals surface area contributed by atoms with Crippen molar-refractivity contribution in [2.75, 3.05) is 13.2 Å². The predicted molar refractivity (Wildman–Crippen MR) is 49.8 cm³/mol. The lowest BCUT2D eigenvalue weighted by Crippen LogP contribution is -2.49. The van der Waals surface area contributed by atoms with Crippen LogP contribution in [0.4, 0.5) is 0 Å². The molecular formula is C8H14N4O2. The maximum atomic E-state index is 11.2. The van der Waals surface area contributed by atoms with Crippen molar-refractivity contribution in [2.45, 2.75) is 24.9 Å². The summed E-state index contributed by atoms with van der Waals surface area (Å²) in [6.45, 7) is 1.85. The van der Waals surface area contributed by atoms with Crippen LogP contribution in [0.15, 0.2) is 11.1 Å². The lowest BCUT2D eigenvalue weighted by Gasteiger charge is -2.33. The van der Waals surface area contributed by atoms with E-state index < -0.39 is 0 Å². The van der Waals surface area contributed by atoms with Crippen molar-refractivity contribution >= 4 is 0 Å². The summed E-state index contributed by atoms with van der Waals surface area (Å²) in [5.74, 6) is 0. The summed E-state index contributed by atoms with van der Waals surface area (Å²) in [5, 5.41) is 6.00. The third kappa shape index (κ3) is 1.85. The molecule has 1 aromatic heterocycles. The number of rotatable bonds is 2. The second kappa shape index (κ2) is 3.55. The van der Waals surface area contributed by atoms with Gasteiger partial charge < -0.3 is 10.5 Å². The zero-order valence-electron chi connectivity index (χ0n) is 7.90. The van der Waals surface area contributed by atoms with Crippen molar-refractivity contribution < 1.29 is 4.74 Å². The molecule has 2 heterocycles. The molecule has 0 unspecified atom stereocenters. The zero-order chi connectivity index (χ0) is 10.0. The Morgan fingerprint density at radius 3 is 2.93 bits per heavy atom. The number of nitrogens with two attached hydrogens (primary N) is 1. The summed E-state index contributed by atoms with van der Waals surface area (Å²) in [6.07, 6.45) is 3.04. The van der Waals surface area contributed by atoms with Gasteiger partial charge in [-0.15, -0.1) is 0 Å². The smallest absolute Gasteiger partial charge is 0.343 e. The first-order valence-corrected chi connectivity index (χ1v) is 4.66. The van der Waals surface area contributed by atoms with E-state index in [1.165, 1.54) is 10.9 Å². The van der Waals surface area contributed by atoms with Crippen LogP contribution >= 0.6 is 0 Å². The summed E-state index contributed by atoms with van der Waals surface area (Å²) < 4.78 is 6.73. The van der Waals surface area contributed by atoms with Gasteiger partial charge in [0.2, 0.25) is 0 Å². The first-order valence-electron chi connectivity index (χ1n) is 4.66. The van der Waals surface area contributed by atoms with Crippen molar-refractivity contribution in [1.82, 2.24) is 14.8 Å². The van der Waals surface area contributed by atoms with Crippen LogP contribution in [0.3, 0.4) is 0 Å². The zero-order valence-corrected chi connectivity index (χ0v) is 7.90. The molecule has 78 valence electrons. The third-order valence-electron chi connectivity index (χ3n) is 2.59. The van der Waals surface area contributed by atoms with E-state index in [0.717, 1.165) is 12.8 Å². The SMILES string of the molecule is NC1(Cn2cn[nH]c2=O)CCOCC1. The molecule has 6 nitrogen and oxygen atoms in total. The van der Waals surface area contributed by atoms with E-state index in [1.807, 2.05) is 0 Å². The van der Waals surface area contributed by atoms with Crippen LogP contribution in [0.5, 0.6) is 0 Å². The van der Waals surface area contributed by atoms with Crippen LogP contribution in [0.1, 0.15) is 12.8 Å². The Kier molecular flexibility index (Phi) is 2.39. The standard InChI is InChI=1S/C8H14N4O2/c9-8(1-3-14-4-2-8)5-12-6-10-11-7(12)13/h6H,1-5,9H2,(H,11,13). The van der Waals surface area contributed by atoms with E-state index in [0.29, 0.717) is 19.8 Å². The van der Waals surface area contributed by atoms with E-state index in [-0.39, 0.29) is 11.2 Å². The van der Waals surface area contributed by atoms with E-state index in [2.05, 4.69) is 10.2 Å². The van der Waals surface area contributed by atoms with Crippen LogP contribution in [-0.2, 0) is 11.3 Å². The maximum Gasteiger partial charge on any atom is 0.343 e. The number of aromatic amines is 1. The summed E-state index contributed by atoms with van der Waals surface area (Å²) in [7, 11) is 0. The molecule has 1 aliphatic rings. The molecular weight excluding hydrogens is 184 g/mol. The second-order valence-corrected chi connectivity index (χ2v) is 3.76. The molecule has 0 saturated carbocycles. The summed E-state index contributed by atoms with van der Waals surface area (Å²) in [6, 6.07) is 0. The fraction of sp³-hybridized carbons (Fsp3) is 0.750. The molecule has 1 aliphatic heterocycles. The molecule has 1 saturated heterocycles. The highest BCUT2D eigenvalue weighted by Gasteiger charge is 2.28. The Hall–Kier alpha value is -1.14. The van der Waals surface area contributed by atoms with E-state index in [9.17, 15) is 4.79 Å². The number of H-pyrrole nitrogens is 1. The van der Waals surface area contributed by atoms with Gasteiger partial charge in [0, 0.05) is 25.3 Å². The van der Waals surface area contributed by atoms with Crippen LogP contribution in [0.2, 0.25) is 0 Å². The van der Waals surface area contributed by atoms with Gasteiger partial charge in [0.1, 0.15) is 6.33 Å². The summed E-state index contributed by atoms with van der Waals surface area (Å²) >= 11 is 0. The number of hydrogen-bond donors (Lipinski definition) is 2. The highest BCUT2D eigenvalue weighted by atomic mass is 16.5. The summed E-state index contributed by atoms with van der Waals surface area (Å²) in [5.41, 5.74) is 5.60. The molecule has 0 radical (unpaired) electrons. The maximum absolute atomic E-state index is 11.2. The molecule has 3 N–H and O–H groups in total. The number of nitrogens with zero attached hydrogens (tertiary/aromatic N) is 2. The van der Waals surface area contributed by atoms with Crippen molar-refractivity contribution in [3.63, 3.8) is 0 Å². The largest absolute Gasteiger partial charge is 0.381 e. The predicted octanol–water partition coefficient (Wildman–Crippen LogP) is -0.921. The van der Waals surface area contributed by atoms with E-state index in [1.54, 1.807) is 0 Å². The number of nitrogens with one attached hydrogen (secondary N) is 1. The molecule has 1 fully saturated rings. The summed E-state index contributed by atoms with van der Waals surface area (Å²) in [4.78, 5) is 11.2. The molecule has 14 heavy (non-hydrogen) atoms. The van der Waals surface area contributed by atoms with Crippen LogP contribution in [0.25, 0.3) is 0 Å². The van der Waals surface area contributed by atoms with Gasteiger partial charge in [-0.25, -0.2) is 9.89 Å². The van der Waals surface area contributed by atoms with E-state index in [4.69, 9.17) is 10.5 Å². The van der Waals surface area contributed by atoms with Crippen LogP contribution in [0, 0.1) is 0 Å². The minimum atomic E-state index is -0.327. The van der Waals surface area contributed by atoms with Gasteiger partial charge in [-0.2, -0.15) is 5.10 Å². The fourth-order valence-corrected chi connectivity index (χ4v) is 1.66. The molecule has 0 amide bonds. The Bertz CT molecular complexity index is 350. The van der Waals surface area contributed by atoms with Gasteiger partial charge in [0.05, 0.1) is 0 Å². The van der Waals surface area contributed by atoms with Gasteiger partial charge in [-0.05, 0) is 12.8 Å². The molecule has 0 aliphatic carbocycles. The lowest BCUT2D eigenvalue weighted by atomic mass is 9.91. The topological polar surface area (TPSA) is 85.9 Å².